The molecule has 0 spiro atoms. The van der Waals surface area contributed by atoms with Crippen molar-refractivity contribution in [3.63, 3.8) is 0 Å². The first-order valence-corrected chi connectivity index (χ1v) is 10.7. The van der Waals surface area contributed by atoms with Crippen molar-refractivity contribution < 1.29 is 4.79 Å². The van der Waals surface area contributed by atoms with Gasteiger partial charge in [-0.2, -0.15) is 0 Å². The lowest BCUT2D eigenvalue weighted by Crippen LogP contribution is -2.48. The summed E-state index contributed by atoms with van der Waals surface area (Å²) >= 11 is 6.14. The van der Waals surface area contributed by atoms with Crippen LogP contribution in [0, 0.1) is 0 Å². The number of hydrogen-bond acceptors (Lipinski definition) is 4. The molecule has 28 heavy (non-hydrogen) atoms. The maximum atomic E-state index is 13.0. The summed E-state index contributed by atoms with van der Waals surface area (Å²) in [7, 11) is 0. The first-order chi connectivity index (χ1) is 13.7. The molecule has 5 nitrogen and oxygen atoms in total. The Morgan fingerprint density at radius 3 is 2.50 bits per heavy atom. The summed E-state index contributed by atoms with van der Waals surface area (Å²) in [4.78, 5) is 26.3. The molecule has 2 aromatic rings. The van der Waals surface area contributed by atoms with Crippen LogP contribution in [0.25, 0.3) is 0 Å². The van der Waals surface area contributed by atoms with Crippen molar-refractivity contribution >= 4 is 17.5 Å². The van der Waals surface area contributed by atoms with Crippen molar-refractivity contribution in [1.82, 2.24) is 19.8 Å². The summed E-state index contributed by atoms with van der Waals surface area (Å²) in [5, 5.41) is 0.377. The second kappa shape index (κ2) is 7.45. The van der Waals surface area contributed by atoms with E-state index in [4.69, 9.17) is 11.6 Å². The number of fused-ring (bicyclic) bond motifs is 1. The molecule has 0 bridgehead atoms. The molecule has 0 atom stereocenters. The lowest BCUT2D eigenvalue weighted by atomic mass is 9.95. The number of piperidine rings is 1. The van der Waals surface area contributed by atoms with Crippen molar-refractivity contribution in [2.45, 2.75) is 50.6 Å². The number of carbonyl (C=O) groups is 1. The van der Waals surface area contributed by atoms with Crippen molar-refractivity contribution in [2.24, 2.45) is 0 Å². The smallest absolute Gasteiger partial charge is 0.272 e. The molecule has 0 radical (unpaired) electrons. The first-order valence-electron chi connectivity index (χ1n) is 10.3. The number of benzene rings is 1. The first kappa shape index (κ1) is 18.1. The Morgan fingerprint density at radius 1 is 1.00 bits per heavy atom. The molecule has 1 aromatic carbocycles. The molecule has 1 aromatic heterocycles. The van der Waals surface area contributed by atoms with E-state index in [0.29, 0.717) is 22.8 Å². The van der Waals surface area contributed by atoms with Crippen LogP contribution < -0.4 is 0 Å². The van der Waals surface area contributed by atoms with Crippen molar-refractivity contribution in [1.29, 1.82) is 0 Å². The van der Waals surface area contributed by atoms with E-state index >= 15 is 0 Å². The van der Waals surface area contributed by atoms with Crippen LogP contribution in [0.15, 0.2) is 30.3 Å². The number of rotatable bonds is 3. The van der Waals surface area contributed by atoms with Crippen LogP contribution in [0.3, 0.4) is 0 Å². The number of aromatic nitrogens is 2. The number of nitrogens with zero attached hydrogens (tertiary/aromatic N) is 4. The van der Waals surface area contributed by atoms with E-state index < -0.39 is 0 Å². The van der Waals surface area contributed by atoms with Gasteiger partial charge in [-0.3, -0.25) is 9.69 Å². The molecule has 146 valence electrons. The molecule has 1 saturated heterocycles. The molecule has 1 amide bonds. The molecule has 1 saturated carbocycles. The molecule has 0 unspecified atom stereocenters. The Bertz CT molecular complexity index is 890. The van der Waals surface area contributed by atoms with Crippen molar-refractivity contribution in [3.05, 3.63) is 58.1 Å². The Morgan fingerprint density at radius 2 is 1.75 bits per heavy atom. The van der Waals surface area contributed by atoms with Gasteiger partial charge in [0.2, 0.25) is 0 Å². The third kappa shape index (κ3) is 3.65. The van der Waals surface area contributed by atoms with Crippen LogP contribution in [-0.4, -0.2) is 51.4 Å². The van der Waals surface area contributed by atoms with Gasteiger partial charge in [0.1, 0.15) is 16.7 Å². The number of carbonyl (C=O) groups excluding carboxylic acids is 1. The largest absolute Gasteiger partial charge is 0.337 e. The Hall–Kier alpha value is -1.98. The van der Waals surface area contributed by atoms with Gasteiger partial charge in [0.25, 0.3) is 5.91 Å². The summed E-state index contributed by atoms with van der Waals surface area (Å²) in [6.45, 7) is 3.70. The minimum Gasteiger partial charge on any atom is -0.337 e. The Labute approximate surface area is 170 Å². The second-order valence-electron chi connectivity index (χ2n) is 8.22. The zero-order chi connectivity index (χ0) is 19.1. The maximum Gasteiger partial charge on any atom is 0.272 e. The average Bonchev–Trinajstić information content (AvgIpc) is 3.58. The monoisotopic (exact) mass is 396 g/mol. The van der Waals surface area contributed by atoms with Crippen LogP contribution in [0.2, 0.25) is 5.15 Å². The van der Waals surface area contributed by atoms with E-state index in [9.17, 15) is 4.79 Å². The third-order valence-corrected chi connectivity index (χ3v) is 6.50. The summed E-state index contributed by atoms with van der Waals surface area (Å²) in [6.07, 6.45) is 5.35. The van der Waals surface area contributed by atoms with Gasteiger partial charge < -0.3 is 4.90 Å². The van der Waals surface area contributed by atoms with E-state index in [2.05, 4.69) is 39.1 Å². The lowest BCUT2D eigenvalue weighted by Gasteiger charge is -2.40. The predicted molar refractivity (Wildman–Crippen MR) is 108 cm³/mol. The van der Waals surface area contributed by atoms with Crippen LogP contribution in [0.4, 0.5) is 0 Å². The highest BCUT2D eigenvalue weighted by Crippen LogP contribution is 2.38. The minimum absolute atomic E-state index is 0.00589. The SMILES string of the molecule is O=C(c1cc(Cl)nc(C2CC2)n1)N1CCC(N2CCc3ccccc3C2)CC1. The number of hydrogen-bond donors (Lipinski definition) is 0. The Balaban J connectivity index is 1.22. The summed E-state index contributed by atoms with van der Waals surface area (Å²) in [5.74, 6) is 1.12. The van der Waals surface area contributed by atoms with Gasteiger partial charge in [0.15, 0.2) is 0 Å². The van der Waals surface area contributed by atoms with E-state index in [1.54, 1.807) is 6.07 Å². The zero-order valence-corrected chi connectivity index (χ0v) is 16.7. The standard InChI is InChI=1S/C22H25ClN4O/c23-20-13-19(24-21(25-20)16-5-6-16)22(28)26-11-8-18(9-12-26)27-10-7-15-3-1-2-4-17(15)14-27/h1-4,13,16,18H,5-12,14H2. The van der Waals surface area contributed by atoms with Crippen LogP contribution in [0.5, 0.6) is 0 Å². The van der Waals surface area contributed by atoms with Crippen LogP contribution in [0.1, 0.15) is 59.0 Å². The Kier molecular flexibility index (Phi) is 4.81. The molecule has 6 heteroatoms. The van der Waals surface area contributed by atoms with E-state index in [-0.39, 0.29) is 5.91 Å². The summed E-state index contributed by atoms with van der Waals surface area (Å²) < 4.78 is 0. The van der Waals surface area contributed by atoms with Gasteiger partial charge in [-0.1, -0.05) is 35.9 Å². The lowest BCUT2D eigenvalue weighted by molar-refractivity contribution is 0.0593. The van der Waals surface area contributed by atoms with Gasteiger partial charge in [-0.15, -0.1) is 0 Å². The maximum absolute atomic E-state index is 13.0. The zero-order valence-electron chi connectivity index (χ0n) is 16.0. The normalized spacial score (nSPS) is 20.8. The van der Waals surface area contributed by atoms with Gasteiger partial charge in [-0.25, -0.2) is 9.97 Å². The molecule has 3 aliphatic rings. The van der Waals surface area contributed by atoms with Crippen LogP contribution in [-0.2, 0) is 13.0 Å². The van der Waals surface area contributed by atoms with Crippen molar-refractivity contribution in [2.75, 3.05) is 19.6 Å². The highest BCUT2D eigenvalue weighted by Gasteiger charge is 2.31. The summed E-state index contributed by atoms with van der Waals surface area (Å²) in [6, 6.07) is 10.9. The fraction of sp³-hybridized carbons (Fsp3) is 0.500. The quantitative estimate of drug-likeness (QED) is 0.743. The van der Waals surface area contributed by atoms with Gasteiger partial charge in [0.05, 0.1) is 0 Å². The van der Waals surface area contributed by atoms with E-state index in [1.807, 2.05) is 4.90 Å². The van der Waals surface area contributed by atoms with Crippen LogP contribution >= 0.6 is 11.6 Å². The molecule has 3 heterocycles. The average molecular weight is 397 g/mol. The highest BCUT2D eigenvalue weighted by atomic mass is 35.5. The molecule has 0 N–H and O–H groups in total. The molecular formula is C22H25ClN4O. The molecule has 2 fully saturated rings. The highest BCUT2D eigenvalue weighted by molar-refractivity contribution is 6.29. The molecule has 5 rings (SSSR count). The minimum atomic E-state index is -0.00589. The number of likely N-dealkylation sites (tertiary alicyclic amines) is 1. The molecule has 1 aliphatic carbocycles. The number of amides is 1. The predicted octanol–water partition coefficient (Wildman–Crippen LogP) is 3.67. The third-order valence-electron chi connectivity index (χ3n) is 6.30. The van der Waals surface area contributed by atoms with Gasteiger partial charge >= 0.3 is 0 Å². The fourth-order valence-corrected chi connectivity index (χ4v) is 4.68. The van der Waals surface area contributed by atoms with Crippen molar-refractivity contribution in [3.8, 4) is 0 Å². The fourth-order valence-electron chi connectivity index (χ4n) is 4.49. The second-order valence-corrected chi connectivity index (χ2v) is 8.61. The topological polar surface area (TPSA) is 49.3 Å². The van der Waals surface area contributed by atoms with E-state index in [1.165, 1.54) is 11.1 Å². The van der Waals surface area contributed by atoms with Gasteiger partial charge in [0, 0.05) is 44.2 Å². The molecular weight excluding hydrogens is 372 g/mol. The van der Waals surface area contributed by atoms with E-state index in [0.717, 1.165) is 64.1 Å². The molecule has 2 aliphatic heterocycles. The summed E-state index contributed by atoms with van der Waals surface area (Å²) in [5.41, 5.74) is 3.39. The van der Waals surface area contributed by atoms with Gasteiger partial charge in [-0.05, 0) is 43.2 Å². The number of halogens is 1.